The van der Waals surface area contributed by atoms with Gasteiger partial charge in [-0.25, -0.2) is 0 Å². The summed E-state index contributed by atoms with van der Waals surface area (Å²) in [5, 5.41) is 8.00. The SMILES string of the molecule is CC(=O)Nc1ccc(NC(=O)COC(=O)CNC(=O)C23CC4CC(CC(C4)C2)C3)cc1. The third-order valence-corrected chi connectivity index (χ3v) is 6.77. The van der Waals surface area contributed by atoms with Gasteiger partial charge in [0.15, 0.2) is 6.61 Å². The fourth-order valence-corrected chi connectivity index (χ4v) is 5.96. The van der Waals surface area contributed by atoms with Gasteiger partial charge in [-0.15, -0.1) is 0 Å². The van der Waals surface area contributed by atoms with Crippen molar-refractivity contribution in [1.29, 1.82) is 0 Å². The number of benzene rings is 1. The summed E-state index contributed by atoms with van der Waals surface area (Å²) in [4.78, 5) is 47.9. The van der Waals surface area contributed by atoms with Crippen molar-refractivity contribution in [2.75, 3.05) is 23.8 Å². The Morgan fingerprint density at radius 2 is 1.42 bits per heavy atom. The molecule has 31 heavy (non-hydrogen) atoms. The molecule has 0 unspecified atom stereocenters. The summed E-state index contributed by atoms with van der Waals surface area (Å²) < 4.78 is 5.00. The van der Waals surface area contributed by atoms with E-state index < -0.39 is 18.5 Å². The fourth-order valence-electron chi connectivity index (χ4n) is 5.96. The van der Waals surface area contributed by atoms with Crippen LogP contribution < -0.4 is 16.0 Å². The van der Waals surface area contributed by atoms with Gasteiger partial charge in [0.05, 0.1) is 0 Å². The highest BCUT2D eigenvalue weighted by Crippen LogP contribution is 2.60. The molecule has 4 bridgehead atoms. The molecule has 1 aromatic rings. The Morgan fingerprint density at radius 1 is 0.903 bits per heavy atom. The molecule has 0 radical (unpaired) electrons. The van der Waals surface area contributed by atoms with Gasteiger partial charge in [0.1, 0.15) is 6.54 Å². The van der Waals surface area contributed by atoms with Crippen molar-refractivity contribution >= 4 is 35.1 Å². The number of esters is 1. The van der Waals surface area contributed by atoms with Crippen molar-refractivity contribution in [3.63, 3.8) is 0 Å². The molecule has 166 valence electrons. The van der Waals surface area contributed by atoms with E-state index in [0.29, 0.717) is 29.1 Å². The molecule has 8 heteroatoms. The lowest BCUT2D eigenvalue weighted by molar-refractivity contribution is -0.152. The first-order chi connectivity index (χ1) is 14.8. The van der Waals surface area contributed by atoms with E-state index >= 15 is 0 Å². The van der Waals surface area contributed by atoms with Crippen LogP contribution in [0.15, 0.2) is 24.3 Å². The third kappa shape index (κ3) is 5.06. The van der Waals surface area contributed by atoms with Crippen LogP contribution in [0.1, 0.15) is 45.4 Å². The monoisotopic (exact) mass is 427 g/mol. The topological polar surface area (TPSA) is 114 Å². The molecule has 4 aliphatic rings. The number of carbonyl (C=O) groups is 4. The van der Waals surface area contributed by atoms with Crippen LogP contribution in [-0.2, 0) is 23.9 Å². The summed E-state index contributed by atoms with van der Waals surface area (Å²) in [6.45, 7) is 0.758. The van der Waals surface area contributed by atoms with Gasteiger partial charge < -0.3 is 20.7 Å². The van der Waals surface area contributed by atoms with Gasteiger partial charge in [0.2, 0.25) is 11.8 Å². The van der Waals surface area contributed by atoms with E-state index in [1.807, 2.05) is 0 Å². The molecule has 0 spiro atoms. The molecule has 0 atom stereocenters. The predicted molar refractivity (Wildman–Crippen MR) is 114 cm³/mol. The Kier molecular flexibility index (Phi) is 5.98. The highest BCUT2D eigenvalue weighted by Gasteiger charge is 2.54. The van der Waals surface area contributed by atoms with Crippen molar-refractivity contribution in [2.45, 2.75) is 45.4 Å². The number of hydrogen-bond donors (Lipinski definition) is 3. The zero-order chi connectivity index (χ0) is 22.0. The summed E-state index contributed by atoms with van der Waals surface area (Å²) >= 11 is 0. The largest absolute Gasteiger partial charge is 0.454 e. The maximum atomic E-state index is 12.9. The molecule has 4 fully saturated rings. The van der Waals surface area contributed by atoms with Gasteiger partial charge in [-0.05, 0) is 80.5 Å². The van der Waals surface area contributed by atoms with E-state index in [1.54, 1.807) is 24.3 Å². The highest BCUT2D eigenvalue weighted by atomic mass is 16.5. The second-order valence-corrected chi connectivity index (χ2v) is 9.35. The van der Waals surface area contributed by atoms with Crippen molar-refractivity contribution in [2.24, 2.45) is 23.2 Å². The minimum absolute atomic E-state index is 0.0349. The lowest BCUT2D eigenvalue weighted by atomic mass is 9.49. The third-order valence-electron chi connectivity index (χ3n) is 6.77. The van der Waals surface area contributed by atoms with Gasteiger partial charge in [-0.1, -0.05) is 0 Å². The van der Waals surface area contributed by atoms with E-state index in [1.165, 1.54) is 26.2 Å². The molecule has 0 aliphatic heterocycles. The minimum Gasteiger partial charge on any atom is -0.454 e. The smallest absolute Gasteiger partial charge is 0.325 e. The van der Waals surface area contributed by atoms with Gasteiger partial charge in [0.25, 0.3) is 5.91 Å². The zero-order valence-corrected chi connectivity index (χ0v) is 17.7. The average molecular weight is 428 g/mol. The van der Waals surface area contributed by atoms with Crippen LogP contribution in [0.2, 0.25) is 0 Å². The number of nitrogens with one attached hydrogen (secondary N) is 3. The second-order valence-electron chi connectivity index (χ2n) is 9.35. The molecule has 3 N–H and O–H groups in total. The molecule has 5 rings (SSSR count). The Morgan fingerprint density at radius 3 is 1.94 bits per heavy atom. The molecule has 4 aliphatic carbocycles. The summed E-state index contributed by atoms with van der Waals surface area (Å²) in [5.74, 6) is 0.633. The molecular weight excluding hydrogens is 398 g/mol. The summed E-state index contributed by atoms with van der Waals surface area (Å²) in [6.07, 6.45) is 6.55. The van der Waals surface area contributed by atoms with Gasteiger partial charge in [-0.2, -0.15) is 0 Å². The number of ether oxygens (including phenoxy) is 1. The number of carbonyl (C=O) groups excluding carboxylic acids is 4. The Labute approximate surface area is 181 Å². The Hall–Kier alpha value is -2.90. The molecular formula is C23H29N3O5. The molecule has 0 heterocycles. The van der Waals surface area contributed by atoms with Gasteiger partial charge >= 0.3 is 5.97 Å². The van der Waals surface area contributed by atoms with Crippen LogP contribution in [0.25, 0.3) is 0 Å². The number of hydrogen-bond acceptors (Lipinski definition) is 5. The first-order valence-corrected chi connectivity index (χ1v) is 10.9. The summed E-state index contributed by atoms with van der Waals surface area (Å²) in [5.41, 5.74) is 0.826. The molecule has 0 aromatic heterocycles. The lowest BCUT2D eigenvalue weighted by Gasteiger charge is -2.55. The highest BCUT2D eigenvalue weighted by molar-refractivity contribution is 5.94. The summed E-state index contributed by atoms with van der Waals surface area (Å²) in [6, 6.07) is 6.58. The minimum atomic E-state index is -0.630. The van der Waals surface area contributed by atoms with Crippen LogP contribution >= 0.6 is 0 Å². The van der Waals surface area contributed by atoms with Gasteiger partial charge in [0, 0.05) is 23.7 Å². The van der Waals surface area contributed by atoms with Crippen LogP contribution in [0.5, 0.6) is 0 Å². The van der Waals surface area contributed by atoms with Crippen molar-refractivity contribution in [3.05, 3.63) is 24.3 Å². The molecule has 4 saturated carbocycles. The molecule has 0 saturated heterocycles. The van der Waals surface area contributed by atoms with Crippen molar-refractivity contribution in [3.8, 4) is 0 Å². The first-order valence-electron chi connectivity index (χ1n) is 10.9. The quantitative estimate of drug-likeness (QED) is 0.579. The van der Waals surface area contributed by atoms with Crippen LogP contribution in [0, 0.1) is 23.2 Å². The van der Waals surface area contributed by atoms with Gasteiger partial charge in [-0.3, -0.25) is 19.2 Å². The van der Waals surface area contributed by atoms with Crippen LogP contribution in [0.3, 0.4) is 0 Å². The molecule has 3 amide bonds. The Balaban J connectivity index is 1.18. The maximum absolute atomic E-state index is 12.9. The van der Waals surface area contributed by atoms with Crippen LogP contribution in [-0.4, -0.2) is 36.8 Å². The molecule has 1 aromatic carbocycles. The van der Waals surface area contributed by atoms with Crippen LogP contribution in [0.4, 0.5) is 11.4 Å². The summed E-state index contributed by atoms with van der Waals surface area (Å²) in [7, 11) is 0. The van der Waals surface area contributed by atoms with E-state index in [9.17, 15) is 19.2 Å². The van der Waals surface area contributed by atoms with Crippen molar-refractivity contribution in [1.82, 2.24) is 5.32 Å². The number of anilines is 2. The number of rotatable bonds is 7. The maximum Gasteiger partial charge on any atom is 0.325 e. The van der Waals surface area contributed by atoms with E-state index in [-0.39, 0.29) is 23.8 Å². The number of amides is 3. The molecule has 8 nitrogen and oxygen atoms in total. The Bertz CT molecular complexity index is 844. The first kappa shape index (κ1) is 21.3. The van der Waals surface area contributed by atoms with E-state index in [4.69, 9.17) is 4.74 Å². The normalized spacial score (nSPS) is 28.0. The second kappa shape index (κ2) is 8.69. The average Bonchev–Trinajstić information content (AvgIpc) is 2.70. The fraction of sp³-hybridized carbons (Fsp3) is 0.565. The lowest BCUT2D eigenvalue weighted by Crippen LogP contribution is -2.54. The standard InChI is InChI=1S/C23H29N3O5/c1-14(27)25-18-2-4-19(5-3-18)26-20(28)13-31-21(29)12-24-22(30)23-9-15-6-16(10-23)8-17(7-15)11-23/h2-5,15-17H,6-13H2,1H3,(H,24,30)(H,25,27)(H,26,28). The van der Waals surface area contributed by atoms with Crippen molar-refractivity contribution < 1.29 is 23.9 Å². The predicted octanol–water partition coefficient (Wildman–Crippen LogP) is 2.46. The zero-order valence-electron chi connectivity index (χ0n) is 17.7. The van der Waals surface area contributed by atoms with E-state index in [0.717, 1.165) is 19.3 Å². The van der Waals surface area contributed by atoms with E-state index in [2.05, 4.69) is 16.0 Å².